The molecular weight excluding hydrogens is 216 g/mol. The van der Waals surface area contributed by atoms with Crippen molar-refractivity contribution < 1.29 is 9.53 Å². The molecule has 0 radical (unpaired) electrons. The van der Waals surface area contributed by atoms with Crippen molar-refractivity contribution in [1.29, 1.82) is 0 Å². The smallest absolute Gasteiger partial charge is 0.187 e. The molecule has 0 amide bonds. The van der Waals surface area contributed by atoms with Gasteiger partial charge in [0.15, 0.2) is 5.78 Å². The van der Waals surface area contributed by atoms with E-state index in [9.17, 15) is 4.79 Å². The molecule has 0 spiro atoms. The summed E-state index contributed by atoms with van der Waals surface area (Å²) in [6, 6.07) is 7.21. The zero-order valence-electron chi connectivity index (χ0n) is 9.88. The molecule has 17 heavy (non-hydrogen) atoms. The third kappa shape index (κ3) is 2.53. The number of nitrogens with zero attached hydrogens (tertiary/aromatic N) is 2. The van der Waals surface area contributed by atoms with E-state index in [1.165, 1.54) is 0 Å². The molecule has 4 nitrogen and oxygen atoms in total. The second-order valence-corrected chi connectivity index (χ2v) is 3.84. The molecule has 0 aliphatic rings. The quantitative estimate of drug-likeness (QED) is 0.755. The summed E-state index contributed by atoms with van der Waals surface area (Å²) < 4.78 is 6.79. The van der Waals surface area contributed by atoms with Gasteiger partial charge in [-0.05, 0) is 24.6 Å². The van der Waals surface area contributed by atoms with Crippen LogP contribution in [0.1, 0.15) is 15.9 Å². The first-order valence-corrected chi connectivity index (χ1v) is 5.36. The molecule has 2 aromatic rings. The minimum absolute atomic E-state index is 0.00875. The molecule has 0 saturated heterocycles. The number of Topliss-reactive ketones (excluding diaryl/α,β-unsaturated/α-hetero) is 1. The van der Waals surface area contributed by atoms with E-state index in [2.05, 4.69) is 5.10 Å². The number of rotatable bonds is 4. The van der Waals surface area contributed by atoms with Gasteiger partial charge in [-0.15, -0.1) is 0 Å². The highest BCUT2D eigenvalue weighted by Crippen LogP contribution is 2.18. The molecule has 2 rings (SSSR count). The summed E-state index contributed by atoms with van der Waals surface area (Å²) in [5.41, 5.74) is 1.63. The predicted molar refractivity (Wildman–Crippen MR) is 64.3 cm³/mol. The number of aryl methyl sites for hydroxylation is 1. The van der Waals surface area contributed by atoms with Crippen molar-refractivity contribution in [2.24, 2.45) is 0 Å². The molecule has 1 aromatic carbocycles. The number of methoxy groups -OCH3 is 1. The molecule has 0 N–H and O–H groups in total. The van der Waals surface area contributed by atoms with Gasteiger partial charge in [-0.2, -0.15) is 5.10 Å². The number of aromatic nitrogens is 2. The van der Waals surface area contributed by atoms with Crippen LogP contribution < -0.4 is 4.74 Å². The van der Waals surface area contributed by atoms with E-state index in [-0.39, 0.29) is 12.3 Å². The van der Waals surface area contributed by atoms with Gasteiger partial charge in [-0.1, -0.05) is 12.1 Å². The summed E-state index contributed by atoms with van der Waals surface area (Å²) in [7, 11) is 1.56. The van der Waals surface area contributed by atoms with E-state index in [1.54, 1.807) is 30.1 Å². The number of ether oxygens (including phenoxy) is 1. The number of hydrogen-bond donors (Lipinski definition) is 0. The van der Waals surface area contributed by atoms with Crippen molar-refractivity contribution in [3.05, 3.63) is 47.8 Å². The van der Waals surface area contributed by atoms with Gasteiger partial charge in [0.25, 0.3) is 0 Å². The van der Waals surface area contributed by atoms with Crippen molar-refractivity contribution in [2.75, 3.05) is 7.11 Å². The van der Waals surface area contributed by atoms with Crippen molar-refractivity contribution >= 4 is 5.78 Å². The van der Waals surface area contributed by atoms with Crippen molar-refractivity contribution in [1.82, 2.24) is 9.78 Å². The van der Waals surface area contributed by atoms with Crippen LogP contribution in [0, 0.1) is 6.92 Å². The summed E-state index contributed by atoms with van der Waals surface area (Å²) in [6.45, 7) is 2.17. The molecule has 0 bridgehead atoms. The first-order chi connectivity index (χ1) is 8.20. The molecule has 4 heteroatoms. The summed E-state index contributed by atoms with van der Waals surface area (Å²) in [6.07, 6.45) is 3.57. The molecule has 1 aromatic heterocycles. The lowest BCUT2D eigenvalue weighted by atomic mass is 10.1. The minimum atomic E-state index is -0.00875. The van der Waals surface area contributed by atoms with Gasteiger partial charge in [0.05, 0.1) is 18.9 Å². The van der Waals surface area contributed by atoms with Crippen LogP contribution in [-0.2, 0) is 6.54 Å². The maximum absolute atomic E-state index is 12.1. The van der Waals surface area contributed by atoms with Gasteiger partial charge in [-0.3, -0.25) is 9.48 Å². The van der Waals surface area contributed by atoms with E-state index in [4.69, 9.17) is 4.74 Å². The molecular formula is C13H14N2O2. The lowest BCUT2D eigenvalue weighted by molar-refractivity contribution is 0.0965. The zero-order valence-corrected chi connectivity index (χ0v) is 9.88. The van der Waals surface area contributed by atoms with Gasteiger partial charge in [0.2, 0.25) is 0 Å². The van der Waals surface area contributed by atoms with Crippen LogP contribution in [0.15, 0.2) is 36.7 Å². The van der Waals surface area contributed by atoms with E-state index in [0.29, 0.717) is 11.3 Å². The Bertz CT molecular complexity index is 532. The van der Waals surface area contributed by atoms with Crippen molar-refractivity contribution in [3.8, 4) is 5.75 Å². The Balaban J connectivity index is 2.20. The Kier molecular flexibility index (Phi) is 3.23. The number of benzene rings is 1. The summed E-state index contributed by atoms with van der Waals surface area (Å²) in [5, 5.41) is 4.09. The van der Waals surface area contributed by atoms with Crippen LogP contribution in [0.4, 0.5) is 0 Å². The highest BCUT2D eigenvalue weighted by Gasteiger charge is 2.12. The van der Waals surface area contributed by atoms with Gasteiger partial charge >= 0.3 is 0 Å². The Morgan fingerprint density at radius 2 is 2.18 bits per heavy atom. The minimum Gasteiger partial charge on any atom is -0.496 e. The topological polar surface area (TPSA) is 44.1 Å². The van der Waals surface area contributed by atoms with Crippen LogP contribution in [0.2, 0.25) is 0 Å². The van der Waals surface area contributed by atoms with E-state index in [1.807, 2.05) is 25.3 Å². The Labute approximate surface area is 99.8 Å². The Hall–Kier alpha value is -2.10. The molecule has 1 heterocycles. The molecule has 0 saturated carbocycles. The number of carbonyl (C=O) groups is 1. The molecule has 88 valence electrons. The first-order valence-electron chi connectivity index (χ1n) is 5.36. The van der Waals surface area contributed by atoms with E-state index >= 15 is 0 Å². The van der Waals surface area contributed by atoms with Crippen LogP contribution in [-0.4, -0.2) is 22.7 Å². The van der Waals surface area contributed by atoms with Crippen LogP contribution in [0.5, 0.6) is 5.75 Å². The first kappa shape index (κ1) is 11.4. The third-order valence-corrected chi connectivity index (χ3v) is 2.48. The number of ketones is 1. The maximum Gasteiger partial charge on any atom is 0.187 e. The summed E-state index contributed by atoms with van der Waals surface area (Å²) in [4.78, 5) is 12.1. The number of para-hydroxylation sites is 1. The molecule has 0 atom stereocenters. The van der Waals surface area contributed by atoms with Crippen LogP contribution in [0.25, 0.3) is 0 Å². The second kappa shape index (κ2) is 4.82. The normalized spacial score (nSPS) is 10.2. The number of carbonyl (C=O) groups excluding carboxylic acids is 1. The van der Waals surface area contributed by atoms with Gasteiger partial charge in [0, 0.05) is 6.20 Å². The molecule has 0 fully saturated rings. The summed E-state index contributed by atoms with van der Waals surface area (Å²) >= 11 is 0. The van der Waals surface area contributed by atoms with E-state index in [0.717, 1.165) is 5.56 Å². The highest BCUT2D eigenvalue weighted by atomic mass is 16.5. The molecule has 0 unspecified atom stereocenters. The highest BCUT2D eigenvalue weighted by molar-refractivity contribution is 5.98. The monoisotopic (exact) mass is 230 g/mol. The van der Waals surface area contributed by atoms with Gasteiger partial charge in [0.1, 0.15) is 12.3 Å². The van der Waals surface area contributed by atoms with Gasteiger partial charge < -0.3 is 4.74 Å². The van der Waals surface area contributed by atoms with Gasteiger partial charge in [-0.25, -0.2) is 0 Å². The number of hydrogen-bond acceptors (Lipinski definition) is 3. The fraction of sp³-hybridized carbons (Fsp3) is 0.231. The zero-order chi connectivity index (χ0) is 12.3. The molecule has 0 aliphatic carbocycles. The van der Waals surface area contributed by atoms with E-state index < -0.39 is 0 Å². The standard InChI is InChI=1S/C13H14N2O2/c1-10-7-14-15(8-10)9-12(16)11-5-3-4-6-13(11)17-2/h3-8H,9H2,1-2H3. The van der Waals surface area contributed by atoms with Crippen molar-refractivity contribution in [2.45, 2.75) is 13.5 Å². The Morgan fingerprint density at radius 1 is 1.41 bits per heavy atom. The average Bonchev–Trinajstić information content (AvgIpc) is 2.74. The van der Waals surface area contributed by atoms with Crippen molar-refractivity contribution in [3.63, 3.8) is 0 Å². The lowest BCUT2D eigenvalue weighted by Gasteiger charge is -2.06. The predicted octanol–water partition coefficient (Wildman–Crippen LogP) is 2.08. The fourth-order valence-electron chi connectivity index (χ4n) is 1.66. The average molecular weight is 230 g/mol. The Morgan fingerprint density at radius 3 is 2.82 bits per heavy atom. The fourth-order valence-corrected chi connectivity index (χ4v) is 1.66. The largest absolute Gasteiger partial charge is 0.496 e. The van der Waals surface area contributed by atoms with Crippen LogP contribution >= 0.6 is 0 Å². The van der Waals surface area contributed by atoms with Crippen LogP contribution in [0.3, 0.4) is 0 Å². The maximum atomic E-state index is 12.1. The third-order valence-electron chi connectivity index (χ3n) is 2.48. The second-order valence-electron chi connectivity index (χ2n) is 3.84. The summed E-state index contributed by atoms with van der Waals surface area (Å²) in [5.74, 6) is 0.590. The SMILES string of the molecule is COc1ccccc1C(=O)Cn1cc(C)cn1. The molecule has 0 aliphatic heterocycles. The lowest BCUT2D eigenvalue weighted by Crippen LogP contribution is -2.11.